The number of hydrogen-bond acceptors (Lipinski definition) is 4. The Hall–Kier alpha value is -1.89. The van der Waals surface area contributed by atoms with Crippen LogP contribution in [0.5, 0.6) is 0 Å². The predicted octanol–water partition coefficient (Wildman–Crippen LogP) is 3.81. The Morgan fingerprint density at radius 2 is 1.97 bits per heavy atom. The van der Waals surface area contributed by atoms with Crippen molar-refractivity contribution in [1.29, 1.82) is 0 Å². The minimum atomic E-state index is -0.762. The molecular weight excluding hydrogens is 414 g/mol. The highest BCUT2D eigenvalue weighted by Crippen LogP contribution is 2.28. The second-order valence-electron chi connectivity index (χ2n) is 10.8. The zero-order chi connectivity index (χ0) is 24.8. The molecule has 186 valence electrons. The SMILES string of the molecule is COCCCc1cn(C)c2ccc(CC(CC(N)C(O)CNC(=O)C(C)(C)C)C(C)C)cc12. The zero-order valence-corrected chi connectivity index (χ0v) is 21.6. The summed E-state index contributed by atoms with van der Waals surface area (Å²) in [6.45, 7) is 10.9. The molecule has 0 fully saturated rings. The quantitative estimate of drug-likeness (QED) is 0.421. The number of aryl methyl sites for hydroxylation is 2. The van der Waals surface area contributed by atoms with Crippen LogP contribution in [-0.2, 0) is 29.4 Å². The number of carbonyl (C=O) groups is 1. The molecule has 0 saturated heterocycles. The second kappa shape index (κ2) is 12.0. The molecular formula is C27H45N3O3. The molecule has 3 unspecified atom stereocenters. The molecule has 2 aromatic rings. The van der Waals surface area contributed by atoms with Gasteiger partial charge in [-0.1, -0.05) is 40.7 Å². The summed E-state index contributed by atoms with van der Waals surface area (Å²) < 4.78 is 7.42. The number of ether oxygens (including phenoxy) is 1. The fourth-order valence-corrected chi connectivity index (χ4v) is 4.27. The van der Waals surface area contributed by atoms with Gasteiger partial charge in [-0.25, -0.2) is 0 Å². The van der Waals surface area contributed by atoms with E-state index in [1.165, 1.54) is 22.0 Å². The number of carbonyl (C=O) groups excluding carboxylic acids is 1. The third-order valence-corrected chi connectivity index (χ3v) is 6.59. The normalized spacial score (nSPS) is 15.1. The number of hydrogen-bond donors (Lipinski definition) is 3. The van der Waals surface area contributed by atoms with Gasteiger partial charge in [0.15, 0.2) is 0 Å². The Labute approximate surface area is 199 Å². The van der Waals surface area contributed by atoms with Gasteiger partial charge in [0.25, 0.3) is 0 Å². The lowest BCUT2D eigenvalue weighted by Gasteiger charge is -2.28. The number of nitrogens with zero attached hydrogens (tertiary/aromatic N) is 1. The highest BCUT2D eigenvalue weighted by molar-refractivity contribution is 5.84. The molecule has 0 radical (unpaired) electrons. The van der Waals surface area contributed by atoms with Crippen LogP contribution >= 0.6 is 0 Å². The van der Waals surface area contributed by atoms with Gasteiger partial charge in [0, 0.05) is 55.9 Å². The number of nitrogens with two attached hydrogens (primary N) is 1. The van der Waals surface area contributed by atoms with Crippen molar-refractivity contribution >= 4 is 16.8 Å². The number of aromatic nitrogens is 1. The van der Waals surface area contributed by atoms with Crippen molar-refractivity contribution in [1.82, 2.24) is 9.88 Å². The molecule has 4 N–H and O–H groups in total. The van der Waals surface area contributed by atoms with Gasteiger partial charge in [0.05, 0.1) is 6.10 Å². The Morgan fingerprint density at radius 3 is 2.58 bits per heavy atom. The van der Waals surface area contributed by atoms with Crippen molar-refractivity contribution < 1.29 is 14.6 Å². The van der Waals surface area contributed by atoms with Crippen molar-refractivity contribution in [3.8, 4) is 0 Å². The van der Waals surface area contributed by atoms with Crippen LogP contribution in [-0.4, -0.2) is 48.0 Å². The summed E-state index contributed by atoms with van der Waals surface area (Å²) in [5.74, 6) is 0.692. The first kappa shape index (κ1) is 27.4. The van der Waals surface area contributed by atoms with Gasteiger partial charge < -0.3 is 25.5 Å². The summed E-state index contributed by atoms with van der Waals surface area (Å²) >= 11 is 0. The zero-order valence-electron chi connectivity index (χ0n) is 21.6. The summed E-state index contributed by atoms with van der Waals surface area (Å²) in [7, 11) is 3.84. The highest BCUT2D eigenvalue weighted by atomic mass is 16.5. The molecule has 6 nitrogen and oxygen atoms in total. The molecule has 2 rings (SSSR count). The van der Waals surface area contributed by atoms with Gasteiger partial charge in [-0.2, -0.15) is 0 Å². The maximum atomic E-state index is 12.1. The molecule has 1 amide bonds. The van der Waals surface area contributed by atoms with Gasteiger partial charge in [-0.05, 0) is 60.8 Å². The maximum Gasteiger partial charge on any atom is 0.225 e. The van der Waals surface area contributed by atoms with E-state index in [1.54, 1.807) is 7.11 Å². The lowest BCUT2D eigenvalue weighted by Crippen LogP contribution is -2.47. The number of amides is 1. The van der Waals surface area contributed by atoms with Crippen molar-refractivity contribution in [2.75, 3.05) is 20.3 Å². The Morgan fingerprint density at radius 1 is 1.27 bits per heavy atom. The number of rotatable bonds is 12. The summed E-state index contributed by atoms with van der Waals surface area (Å²) in [6, 6.07) is 6.35. The van der Waals surface area contributed by atoms with Crippen LogP contribution in [0.15, 0.2) is 24.4 Å². The van der Waals surface area contributed by atoms with E-state index in [4.69, 9.17) is 10.5 Å². The van der Waals surface area contributed by atoms with E-state index in [2.05, 4.69) is 55.2 Å². The van der Waals surface area contributed by atoms with E-state index in [0.29, 0.717) is 18.3 Å². The van der Waals surface area contributed by atoms with Gasteiger partial charge in [-0.3, -0.25) is 4.79 Å². The lowest BCUT2D eigenvalue weighted by molar-refractivity contribution is -0.129. The molecule has 0 saturated carbocycles. The monoisotopic (exact) mass is 459 g/mol. The summed E-state index contributed by atoms with van der Waals surface area (Å²) in [5.41, 5.74) is 9.79. The van der Waals surface area contributed by atoms with Crippen molar-refractivity contribution in [3.05, 3.63) is 35.5 Å². The molecule has 1 aromatic heterocycles. The van der Waals surface area contributed by atoms with Crippen molar-refractivity contribution in [3.63, 3.8) is 0 Å². The number of aliphatic hydroxyl groups excluding tert-OH is 1. The molecule has 0 bridgehead atoms. The van der Waals surface area contributed by atoms with Gasteiger partial charge in [0.1, 0.15) is 0 Å². The van der Waals surface area contributed by atoms with Crippen LogP contribution < -0.4 is 11.1 Å². The third kappa shape index (κ3) is 7.83. The predicted molar refractivity (Wildman–Crippen MR) is 136 cm³/mol. The van der Waals surface area contributed by atoms with Crippen LogP contribution in [0.2, 0.25) is 0 Å². The standard InChI is InChI=1S/C27H45N3O3/c1-18(2)21(15-23(28)25(31)16-29-26(32)27(3,4)5)13-19-10-11-24-22(14-19)20(17-30(24)6)9-8-12-33-7/h10-11,14,17-18,21,23,25,31H,8-9,12-13,15-16,28H2,1-7H3,(H,29,32). The first-order valence-electron chi connectivity index (χ1n) is 12.2. The summed E-state index contributed by atoms with van der Waals surface area (Å²) in [6.07, 6.45) is 5.09. The van der Waals surface area contributed by atoms with Crippen molar-refractivity contribution in [2.24, 2.45) is 30.0 Å². The molecule has 33 heavy (non-hydrogen) atoms. The van der Waals surface area contributed by atoms with E-state index >= 15 is 0 Å². The maximum absolute atomic E-state index is 12.1. The topological polar surface area (TPSA) is 89.5 Å². The molecule has 0 aliphatic rings. The van der Waals surface area contributed by atoms with Crippen LogP contribution in [0.3, 0.4) is 0 Å². The minimum Gasteiger partial charge on any atom is -0.390 e. The number of nitrogens with one attached hydrogen (secondary N) is 1. The number of fused-ring (bicyclic) bond motifs is 1. The molecule has 6 heteroatoms. The van der Waals surface area contributed by atoms with E-state index in [-0.39, 0.29) is 18.5 Å². The molecule has 1 aromatic carbocycles. The molecule has 1 heterocycles. The van der Waals surface area contributed by atoms with Gasteiger partial charge >= 0.3 is 0 Å². The molecule has 0 aliphatic heterocycles. The third-order valence-electron chi connectivity index (χ3n) is 6.59. The molecule has 3 atom stereocenters. The first-order valence-corrected chi connectivity index (χ1v) is 12.2. The number of benzene rings is 1. The summed E-state index contributed by atoms with van der Waals surface area (Å²) in [4.78, 5) is 12.1. The average molecular weight is 460 g/mol. The number of methoxy groups -OCH3 is 1. The van der Waals surface area contributed by atoms with Crippen LogP contribution in [0.25, 0.3) is 10.9 Å². The van der Waals surface area contributed by atoms with Crippen LogP contribution in [0.1, 0.15) is 58.6 Å². The van der Waals surface area contributed by atoms with Gasteiger partial charge in [-0.15, -0.1) is 0 Å². The van der Waals surface area contributed by atoms with Crippen LogP contribution in [0.4, 0.5) is 0 Å². The highest BCUT2D eigenvalue weighted by Gasteiger charge is 2.26. The number of aliphatic hydroxyl groups is 1. The van der Waals surface area contributed by atoms with E-state index in [9.17, 15) is 9.90 Å². The molecule has 0 aliphatic carbocycles. The Balaban J connectivity index is 2.07. The summed E-state index contributed by atoms with van der Waals surface area (Å²) in [5, 5.41) is 14.7. The largest absolute Gasteiger partial charge is 0.390 e. The Kier molecular flexibility index (Phi) is 9.95. The van der Waals surface area contributed by atoms with Crippen LogP contribution in [0, 0.1) is 17.3 Å². The van der Waals surface area contributed by atoms with Gasteiger partial charge in [0.2, 0.25) is 5.91 Å². The Bertz CT molecular complexity index is 898. The lowest BCUT2D eigenvalue weighted by atomic mass is 9.83. The smallest absolute Gasteiger partial charge is 0.225 e. The van der Waals surface area contributed by atoms with E-state index in [0.717, 1.165) is 25.9 Å². The molecule has 0 spiro atoms. The van der Waals surface area contributed by atoms with E-state index < -0.39 is 11.5 Å². The second-order valence-corrected chi connectivity index (χ2v) is 10.8. The average Bonchev–Trinajstić information content (AvgIpc) is 3.05. The minimum absolute atomic E-state index is 0.0772. The first-order chi connectivity index (χ1) is 15.4. The fraction of sp³-hybridized carbons (Fsp3) is 0.667. The van der Waals surface area contributed by atoms with Crippen molar-refractivity contribution in [2.45, 2.75) is 72.4 Å². The fourth-order valence-electron chi connectivity index (χ4n) is 4.27. The van der Waals surface area contributed by atoms with E-state index in [1.807, 2.05) is 20.8 Å².